The smallest absolute Gasteiger partial charge is 0.124 e. The topological polar surface area (TPSA) is 12.0 Å². The highest BCUT2D eigenvalue weighted by atomic mass is 79.9. The van der Waals surface area contributed by atoms with Gasteiger partial charge < -0.3 is 5.32 Å². The Morgan fingerprint density at radius 3 is 2.65 bits per heavy atom. The van der Waals surface area contributed by atoms with E-state index in [1.54, 1.807) is 6.07 Å². The molecule has 0 unspecified atom stereocenters. The number of anilines is 1. The Hall–Kier alpha value is -0.870. The molecule has 0 fully saturated rings. The predicted octanol–water partition coefficient (Wildman–Crippen LogP) is 4.82. The lowest BCUT2D eigenvalue weighted by Gasteiger charge is -2.07. The summed E-state index contributed by atoms with van der Waals surface area (Å²) in [5.41, 5.74) is 0.915. The highest BCUT2D eigenvalue weighted by Crippen LogP contribution is 2.25. The van der Waals surface area contributed by atoms with E-state index in [0.717, 1.165) is 23.1 Å². The molecule has 17 heavy (non-hydrogen) atoms. The second-order valence-corrected chi connectivity index (χ2v) is 5.81. The van der Waals surface area contributed by atoms with Crippen molar-refractivity contribution in [3.63, 3.8) is 0 Å². The maximum absolute atomic E-state index is 12.9. The van der Waals surface area contributed by atoms with Crippen LogP contribution in [-0.4, -0.2) is 0 Å². The van der Waals surface area contributed by atoms with Gasteiger partial charge in [0.2, 0.25) is 0 Å². The van der Waals surface area contributed by atoms with E-state index in [4.69, 9.17) is 0 Å². The van der Waals surface area contributed by atoms with Crippen LogP contribution in [0, 0.1) is 5.82 Å². The van der Waals surface area contributed by atoms with Gasteiger partial charge in [-0.1, -0.05) is 6.92 Å². The van der Waals surface area contributed by atoms with Crippen LogP contribution >= 0.6 is 27.3 Å². The molecule has 0 spiro atoms. The quantitative estimate of drug-likeness (QED) is 0.853. The van der Waals surface area contributed by atoms with E-state index in [0.29, 0.717) is 0 Å². The van der Waals surface area contributed by atoms with Gasteiger partial charge in [0, 0.05) is 26.5 Å². The maximum atomic E-state index is 12.9. The summed E-state index contributed by atoms with van der Waals surface area (Å²) in [4.78, 5) is 2.68. The lowest BCUT2D eigenvalue weighted by Crippen LogP contribution is -1.98. The van der Waals surface area contributed by atoms with Gasteiger partial charge in [-0.25, -0.2) is 4.39 Å². The number of aryl methyl sites for hydroxylation is 1. The fourth-order valence-electron chi connectivity index (χ4n) is 1.52. The second-order valence-electron chi connectivity index (χ2n) is 3.70. The molecule has 0 amide bonds. The van der Waals surface area contributed by atoms with Crippen molar-refractivity contribution < 1.29 is 4.39 Å². The minimum absolute atomic E-state index is 0.230. The van der Waals surface area contributed by atoms with E-state index < -0.39 is 0 Å². The van der Waals surface area contributed by atoms with E-state index in [9.17, 15) is 4.39 Å². The number of halogens is 2. The summed E-state index contributed by atoms with van der Waals surface area (Å²) in [7, 11) is 0. The van der Waals surface area contributed by atoms with Crippen LogP contribution in [0.4, 0.5) is 10.1 Å². The Balaban J connectivity index is 2.02. The standard InChI is InChI=1S/C13H13BrFNS/c1-2-10-4-5-11(17-10)8-16-13-6-3-9(15)7-12(13)14/h3-7,16H,2,8H2,1H3. The van der Waals surface area contributed by atoms with Crippen molar-refractivity contribution in [1.82, 2.24) is 0 Å². The lowest BCUT2D eigenvalue weighted by molar-refractivity contribution is 0.627. The molecule has 2 aromatic rings. The molecule has 0 atom stereocenters. The molecule has 0 aliphatic carbocycles. The van der Waals surface area contributed by atoms with Crippen LogP contribution in [0.2, 0.25) is 0 Å². The van der Waals surface area contributed by atoms with Crippen molar-refractivity contribution in [2.45, 2.75) is 19.9 Å². The zero-order valence-electron chi connectivity index (χ0n) is 9.47. The molecule has 1 aromatic carbocycles. The van der Waals surface area contributed by atoms with Gasteiger partial charge in [-0.15, -0.1) is 11.3 Å². The Kier molecular flexibility index (Phi) is 4.18. The molecule has 4 heteroatoms. The molecular weight excluding hydrogens is 301 g/mol. The molecule has 1 N–H and O–H groups in total. The largest absolute Gasteiger partial charge is 0.379 e. The van der Waals surface area contributed by atoms with Gasteiger partial charge in [0.1, 0.15) is 5.82 Å². The molecule has 1 nitrogen and oxygen atoms in total. The third-order valence-corrected chi connectivity index (χ3v) is 4.34. The molecule has 1 aromatic heterocycles. The summed E-state index contributed by atoms with van der Waals surface area (Å²) in [6.07, 6.45) is 1.07. The van der Waals surface area contributed by atoms with Gasteiger partial charge in [-0.2, -0.15) is 0 Å². The molecule has 2 rings (SSSR count). The van der Waals surface area contributed by atoms with Crippen molar-refractivity contribution >= 4 is 33.0 Å². The average molecular weight is 314 g/mol. The SMILES string of the molecule is CCc1ccc(CNc2ccc(F)cc2Br)s1. The van der Waals surface area contributed by atoms with Gasteiger partial charge in [-0.05, 0) is 52.7 Å². The first-order valence-electron chi connectivity index (χ1n) is 5.45. The van der Waals surface area contributed by atoms with Gasteiger partial charge in [0.25, 0.3) is 0 Å². The summed E-state index contributed by atoms with van der Waals surface area (Å²) in [5, 5.41) is 3.29. The van der Waals surface area contributed by atoms with Crippen molar-refractivity contribution in [1.29, 1.82) is 0 Å². The summed E-state index contributed by atoms with van der Waals surface area (Å²) < 4.78 is 13.7. The summed E-state index contributed by atoms with van der Waals surface area (Å²) >= 11 is 5.15. The number of nitrogens with one attached hydrogen (secondary N) is 1. The van der Waals surface area contributed by atoms with Crippen LogP contribution in [0.5, 0.6) is 0 Å². The van der Waals surface area contributed by atoms with E-state index >= 15 is 0 Å². The van der Waals surface area contributed by atoms with E-state index in [1.807, 2.05) is 11.3 Å². The third kappa shape index (κ3) is 3.30. The predicted molar refractivity (Wildman–Crippen MR) is 75.1 cm³/mol. The maximum Gasteiger partial charge on any atom is 0.124 e. The second kappa shape index (κ2) is 5.65. The molecule has 0 saturated heterocycles. The first-order valence-corrected chi connectivity index (χ1v) is 7.06. The monoisotopic (exact) mass is 313 g/mol. The number of hydrogen-bond donors (Lipinski definition) is 1. The Morgan fingerprint density at radius 1 is 1.24 bits per heavy atom. The first-order chi connectivity index (χ1) is 8.19. The van der Waals surface area contributed by atoms with E-state index in [1.165, 1.54) is 21.9 Å². The van der Waals surface area contributed by atoms with Crippen LogP contribution in [0.1, 0.15) is 16.7 Å². The van der Waals surface area contributed by atoms with Gasteiger partial charge in [0.05, 0.1) is 0 Å². The summed E-state index contributed by atoms with van der Waals surface area (Å²) in [6.45, 7) is 2.93. The fourth-order valence-corrected chi connectivity index (χ4v) is 2.91. The summed E-state index contributed by atoms with van der Waals surface area (Å²) in [6, 6.07) is 8.95. The van der Waals surface area contributed by atoms with Gasteiger partial charge in [-0.3, -0.25) is 0 Å². The van der Waals surface area contributed by atoms with Crippen molar-refractivity contribution in [3.05, 3.63) is 50.4 Å². The van der Waals surface area contributed by atoms with Crippen LogP contribution in [-0.2, 0) is 13.0 Å². The Labute approximate surface area is 113 Å². The number of hydrogen-bond acceptors (Lipinski definition) is 2. The zero-order valence-corrected chi connectivity index (χ0v) is 11.9. The summed E-state index contributed by atoms with van der Waals surface area (Å²) in [5.74, 6) is -0.230. The molecule has 0 bridgehead atoms. The minimum Gasteiger partial charge on any atom is -0.379 e. The average Bonchev–Trinajstić information content (AvgIpc) is 2.76. The Bertz CT molecular complexity index is 510. The molecule has 0 aliphatic rings. The van der Waals surface area contributed by atoms with Crippen LogP contribution in [0.15, 0.2) is 34.8 Å². The van der Waals surface area contributed by atoms with Crippen molar-refractivity contribution in [2.75, 3.05) is 5.32 Å². The molecule has 0 radical (unpaired) electrons. The van der Waals surface area contributed by atoms with Crippen molar-refractivity contribution in [2.24, 2.45) is 0 Å². The number of benzene rings is 1. The molecule has 0 saturated carbocycles. The van der Waals surface area contributed by atoms with Crippen LogP contribution < -0.4 is 5.32 Å². The van der Waals surface area contributed by atoms with Gasteiger partial charge in [0.15, 0.2) is 0 Å². The highest BCUT2D eigenvalue weighted by molar-refractivity contribution is 9.10. The number of thiophene rings is 1. The van der Waals surface area contributed by atoms with Crippen LogP contribution in [0.3, 0.4) is 0 Å². The molecule has 0 aliphatic heterocycles. The lowest BCUT2D eigenvalue weighted by atomic mass is 10.3. The molecule has 1 heterocycles. The molecule has 90 valence electrons. The van der Waals surface area contributed by atoms with Crippen LogP contribution in [0.25, 0.3) is 0 Å². The number of rotatable bonds is 4. The van der Waals surface area contributed by atoms with Gasteiger partial charge >= 0.3 is 0 Å². The van der Waals surface area contributed by atoms with E-state index in [2.05, 4.69) is 40.3 Å². The minimum atomic E-state index is -0.230. The van der Waals surface area contributed by atoms with E-state index in [-0.39, 0.29) is 5.82 Å². The molecular formula is C13H13BrFNS. The van der Waals surface area contributed by atoms with Crippen molar-refractivity contribution in [3.8, 4) is 0 Å². The first kappa shape index (κ1) is 12.6. The fraction of sp³-hybridized carbons (Fsp3) is 0.231. The zero-order chi connectivity index (χ0) is 12.3. The highest BCUT2D eigenvalue weighted by Gasteiger charge is 2.02. The third-order valence-electron chi connectivity index (χ3n) is 2.45. The Morgan fingerprint density at radius 2 is 2.00 bits per heavy atom. The normalized spacial score (nSPS) is 10.5.